The van der Waals surface area contributed by atoms with E-state index in [0.29, 0.717) is 5.41 Å². The SMILES string of the molecule is C1=NCC(C23CC4CC(CC(C5CCCC5)(C4)C2)C3)N1C1CCCCC1.Cl. The molecule has 7 rings (SSSR count). The van der Waals surface area contributed by atoms with E-state index in [9.17, 15) is 0 Å². The van der Waals surface area contributed by atoms with E-state index < -0.39 is 0 Å². The second kappa shape index (κ2) is 6.92. The lowest BCUT2D eigenvalue weighted by Gasteiger charge is -2.66. The van der Waals surface area contributed by atoms with Crippen LogP contribution in [-0.2, 0) is 0 Å². The molecule has 0 aromatic rings. The molecule has 6 aliphatic carbocycles. The van der Waals surface area contributed by atoms with Gasteiger partial charge in [0.1, 0.15) is 0 Å². The summed E-state index contributed by atoms with van der Waals surface area (Å²) in [5, 5.41) is 0. The first-order valence-electron chi connectivity index (χ1n) is 12.0. The van der Waals surface area contributed by atoms with Gasteiger partial charge in [-0.1, -0.05) is 32.1 Å². The lowest BCUT2D eigenvalue weighted by atomic mass is 9.40. The Kier molecular flexibility index (Phi) is 4.81. The van der Waals surface area contributed by atoms with Crippen LogP contribution in [0.1, 0.15) is 96.3 Å². The Labute approximate surface area is 172 Å². The molecule has 27 heavy (non-hydrogen) atoms. The Morgan fingerprint density at radius 1 is 0.778 bits per heavy atom. The summed E-state index contributed by atoms with van der Waals surface area (Å²) in [5.41, 5.74) is 1.38. The first-order valence-corrected chi connectivity index (χ1v) is 12.0. The molecule has 7 aliphatic rings. The first kappa shape index (κ1) is 18.8. The number of rotatable bonds is 3. The second-order valence-electron chi connectivity index (χ2n) is 11.4. The van der Waals surface area contributed by atoms with Gasteiger partial charge >= 0.3 is 0 Å². The Hall–Kier alpha value is -0.240. The number of hydrogen-bond donors (Lipinski definition) is 0. The van der Waals surface area contributed by atoms with E-state index in [2.05, 4.69) is 11.2 Å². The fraction of sp³-hybridized carbons (Fsp3) is 0.958. The molecule has 3 unspecified atom stereocenters. The summed E-state index contributed by atoms with van der Waals surface area (Å²) in [6, 6.07) is 1.58. The highest BCUT2D eigenvalue weighted by molar-refractivity contribution is 5.85. The number of nitrogens with zero attached hydrogens (tertiary/aromatic N) is 2. The third-order valence-electron chi connectivity index (χ3n) is 9.93. The third-order valence-corrected chi connectivity index (χ3v) is 9.93. The Balaban J connectivity index is 0.00000160. The van der Waals surface area contributed by atoms with Crippen LogP contribution in [0.25, 0.3) is 0 Å². The van der Waals surface area contributed by atoms with Crippen LogP contribution in [0, 0.1) is 28.6 Å². The van der Waals surface area contributed by atoms with Crippen molar-refractivity contribution in [2.45, 2.75) is 108 Å². The highest BCUT2D eigenvalue weighted by Gasteiger charge is 2.63. The molecule has 6 fully saturated rings. The lowest BCUT2D eigenvalue weighted by Crippen LogP contribution is -2.62. The topological polar surface area (TPSA) is 15.6 Å². The molecule has 0 spiro atoms. The van der Waals surface area contributed by atoms with Gasteiger partial charge in [0.15, 0.2) is 0 Å². The molecular weight excluding hydrogens is 352 g/mol. The minimum absolute atomic E-state index is 0. The van der Waals surface area contributed by atoms with Crippen molar-refractivity contribution in [3.63, 3.8) is 0 Å². The summed E-state index contributed by atoms with van der Waals surface area (Å²) < 4.78 is 0. The van der Waals surface area contributed by atoms with Crippen molar-refractivity contribution in [2.24, 2.45) is 33.6 Å². The van der Waals surface area contributed by atoms with E-state index in [4.69, 9.17) is 4.99 Å². The van der Waals surface area contributed by atoms with Crippen LogP contribution >= 0.6 is 12.4 Å². The average molecular weight is 391 g/mol. The maximum Gasteiger partial charge on any atom is 0.0856 e. The fourth-order valence-electron chi connectivity index (χ4n) is 9.46. The lowest BCUT2D eigenvalue weighted by molar-refractivity contribution is -0.157. The largest absolute Gasteiger partial charge is 0.355 e. The van der Waals surface area contributed by atoms with Gasteiger partial charge in [-0.25, -0.2) is 0 Å². The second-order valence-corrected chi connectivity index (χ2v) is 11.4. The maximum absolute atomic E-state index is 4.90. The summed E-state index contributed by atoms with van der Waals surface area (Å²) in [6.07, 6.45) is 25.2. The molecule has 0 amide bonds. The first-order chi connectivity index (χ1) is 12.8. The molecule has 0 aromatic heterocycles. The van der Waals surface area contributed by atoms with Gasteiger partial charge in [0.05, 0.1) is 18.9 Å². The van der Waals surface area contributed by atoms with Crippen molar-refractivity contribution in [1.82, 2.24) is 4.90 Å². The van der Waals surface area contributed by atoms with Crippen molar-refractivity contribution in [3.8, 4) is 0 Å². The van der Waals surface area contributed by atoms with Crippen LogP contribution in [-0.4, -0.2) is 29.9 Å². The Morgan fingerprint density at radius 2 is 1.41 bits per heavy atom. The summed E-state index contributed by atoms with van der Waals surface area (Å²) in [5.74, 6) is 3.20. The summed E-state index contributed by atoms with van der Waals surface area (Å²) in [6.45, 7) is 1.12. The van der Waals surface area contributed by atoms with Crippen LogP contribution in [0.2, 0.25) is 0 Å². The van der Waals surface area contributed by atoms with E-state index in [-0.39, 0.29) is 12.4 Å². The molecule has 3 atom stereocenters. The summed E-state index contributed by atoms with van der Waals surface area (Å²) in [7, 11) is 0. The molecule has 0 radical (unpaired) electrons. The zero-order valence-electron chi connectivity index (χ0n) is 17.1. The van der Waals surface area contributed by atoms with Gasteiger partial charge in [0.2, 0.25) is 0 Å². The number of aliphatic imine (C=N–C) groups is 1. The fourth-order valence-corrected chi connectivity index (χ4v) is 9.46. The monoisotopic (exact) mass is 390 g/mol. The van der Waals surface area contributed by atoms with E-state index in [1.54, 1.807) is 51.4 Å². The standard InChI is InChI=1S/C24H38N2.ClH/c1-2-8-21(9-3-1)26-17-25-15-22(26)24-13-18-10-19(14-24)12-23(11-18,16-24)20-6-4-5-7-20;/h17-22H,1-16H2;1H. The predicted octanol–water partition coefficient (Wildman–Crippen LogP) is 6.23. The quantitative estimate of drug-likeness (QED) is 0.557. The van der Waals surface area contributed by atoms with E-state index in [0.717, 1.165) is 41.8 Å². The maximum atomic E-state index is 4.90. The zero-order chi connectivity index (χ0) is 17.2. The predicted molar refractivity (Wildman–Crippen MR) is 115 cm³/mol. The molecule has 3 heteroatoms. The molecule has 152 valence electrons. The average Bonchev–Trinajstić information content (AvgIpc) is 3.34. The van der Waals surface area contributed by atoms with E-state index in [1.807, 2.05) is 0 Å². The van der Waals surface area contributed by atoms with Gasteiger partial charge in [-0.15, -0.1) is 12.4 Å². The Morgan fingerprint density at radius 3 is 2.11 bits per heavy atom. The van der Waals surface area contributed by atoms with Crippen LogP contribution in [0.3, 0.4) is 0 Å². The number of hydrogen-bond acceptors (Lipinski definition) is 2. The summed E-state index contributed by atoms with van der Waals surface area (Å²) >= 11 is 0. The highest BCUT2D eigenvalue weighted by Crippen LogP contribution is 2.70. The molecule has 1 aliphatic heterocycles. The van der Waals surface area contributed by atoms with Crippen molar-refractivity contribution in [3.05, 3.63) is 0 Å². The van der Waals surface area contributed by atoms with Gasteiger partial charge in [-0.3, -0.25) is 4.99 Å². The van der Waals surface area contributed by atoms with Gasteiger partial charge in [-0.2, -0.15) is 0 Å². The number of halogens is 1. The van der Waals surface area contributed by atoms with Crippen molar-refractivity contribution < 1.29 is 0 Å². The molecule has 6 saturated carbocycles. The van der Waals surface area contributed by atoms with E-state index in [1.165, 1.54) is 44.9 Å². The van der Waals surface area contributed by atoms with Gasteiger partial charge in [0.25, 0.3) is 0 Å². The van der Waals surface area contributed by atoms with Crippen LogP contribution in [0.5, 0.6) is 0 Å². The zero-order valence-corrected chi connectivity index (χ0v) is 17.9. The smallest absolute Gasteiger partial charge is 0.0856 e. The molecule has 0 N–H and O–H groups in total. The van der Waals surface area contributed by atoms with Crippen molar-refractivity contribution in [1.29, 1.82) is 0 Å². The van der Waals surface area contributed by atoms with Crippen LogP contribution in [0.15, 0.2) is 4.99 Å². The van der Waals surface area contributed by atoms with Gasteiger partial charge < -0.3 is 4.90 Å². The molecular formula is C24H39ClN2. The third kappa shape index (κ3) is 2.90. The molecule has 0 aromatic carbocycles. The minimum Gasteiger partial charge on any atom is -0.355 e. The normalized spacial score (nSPS) is 47.0. The Bertz CT molecular complexity index is 561. The van der Waals surface area contributed by atoms with Crippen LogP contribution in [0.4, 0.5) is 0 Å². The summed E-state index contributed by atoms with van der Waals surface area (Å²) in [4.78, 5) is 7.73. The molecule has 4 bridgehead atoms. The molecule has 1 heterocycles. The highest BCUT2D eigenvalue weighted by atomic mass is 35.5. The van der Waals surface area contributed by atoms with E-state index >= 15 is 0 Å². The molecule has 0 saturated heterocycles. The van der Waals surface area contributed by atoms with Gasteiger partial charge in [0, 0.05) is 6.04 Å². The van der Waals surface area contributed by atoms with Crippen molar-refractivity contribution >= 4 is 18.7 Å². The van der Waals surface area contributed by atoms with Crippen molar-refractivity contribution in [2.75, 3.05) is 6.54 Å². The van der Waals surface area contributed by atoms with Crippen LogP contribution < -0.4 is 0 Å². The molecule has 2 nitrogen and oxygen atoms in total. The minimum atomic E-state index is 0. The van der Waals surface area contributed by atoms with Gasteiger partial charge in [-0.05, 0) is 92.8 Å².